The van der Waals surface area contributed by atoms with Gasteiger partial charge >= 0.3 is 0 Å². The Kier molecular flexibility index (Phi) is 3.76. The first kappa shape index (κ1) is 12.8. The largest absolute Gasteiger partial charge is 0.383 e. The minimum absolute atomic E-state index is 0.200. The zero-order chi connectivity index (χ0) is 13.1. The molecule has 2 rings (SSSR count). The topological polar surface area (TPSA) is 64.3 Å². The number of ether oxygens (including phenoxy) is 1. The van der Waals surface area contributed by atoms with Crippen LogP contribution in [0.15, 0.2) is 12.4 Å². The van der Waals surface area contributed by atoms with Gasteiger partial charge in [0.1, 0.15) is 5.82 Å². The maximum atomic E-state index is 5.22. The molecule has 6 heteroatoms. The average molecular weight is 249 g/mol. The molecule has 0 aliphatic heterocycles. The molecule has 2 aromatic heterocycles. The molecule has 0 aromatic carbocycles. The first-order chi connectivity index (χ1) is 8.63. The number of rotatable bonds is 5. The summed E-state index contributed by atoms with van der Waals surface area (Å²) in [7, 11) is 1.70. The molecule has 18 heavy (non-hydrogen) atoms. The van der Waals surface area contributed by atoms with Gasteiger partial charge in [-0.1, -0.05) is 13.8 Å². The summed E-state index contributed by atoms with van der Waals surface area (Å²) in [6.07, 6.45) is 3.60. The molecule has 0 amide bonds. The van der Waals surface area contributed by atoms with E-state index in [1.807, 2.05) is 17.5 Å². The number of methoxy groups -OCH3 is 1. The standard InChI is InChI=1S/C12H19N5O/c1-8(2)10(7-18-4)14-11-12-16-15-9(3)17(12)6-5-13-11/h5-6,8,10H,7H2,1-4H3,(H,13,14). The Morgan fingerprint density at radius 1 is 1.39 bits per heavy atom. The third kappa shape index (κ3) is 2.43. The first-order valence-electron chi connectivity index (χ1n) is 6.05. The van der Waals surface area contributed by atoms with E-state index in [0.717, 1.165) is 17.3 Å². The molecule has 1 N–H and O–H groups in total. The minimum atomic E-state index is 0.200. The number of nitrogens with one attached hydrogen (secondary N) is 1. The monoisotopic (exact) mass is 249 g/mol. The SMILES string of the molecule is COCC(Nc1nccn2c(C)nnc12)C(C)C. The predicted octanol–water partition coefficient (Wildman–Crippen LogP) is 1.52. The van der Waals surface area contributed by atoms with Crippen LogP contribution in [-0.4, -0.2) is 39.3 Å². The van der Waals surface area contributed by atoms with Crippen molar-refractivity contribution in [3.63, 3.8) is 0 Å². The van der Waals surface area contributed by atoms with Gasteiger partial charge in [-0.2, -0.15) is 0 Å². The molecule has 2 aromatic rings. The van der Waals surface area contributed by atoms with Crippen LogP contribution in [0, 0.1) is 12.8 Å². The van der Waals surface area contributed by atoms with Gasteiger partial charge in [-0.3, -0.25) is 4.40 Å². The summed E-state index contributed by atoms with van der Waals surface area (Å²) in [6.45, 7) is 6.84. The van der Waals surface area contributed by atoms with Gasteiger partial charge in [0.2, 0.25) is 5.65 Å². The molecule has 1 atom stereocenters. The number of fused-ring (bicyclic) bond motifs is 1. The van der Waals surface area contributed by atoms with E-state index in [0.29, 0.717) is 12.5 Å². The van der Waals surface area contributed by atoms with Gasteiger partial charge in [-0.05, 0) is 12.8 Å². The predicted molar refractivity (Wildman–Crippen MR) is 69.6 cm³/mol. The summed E-state index contributed by atoms with van der Waals surface area (Å²) in [5.41, 5.74) is 0.747. The second-order valence-corrected chi connectivity index (χ2v) is 4.67. The van der Waals surface area contributed by atoms with E-state index in [1.165, 1.54) is 0 Å². The molecule has 0 fully saturated rings. The summed E-state index contributed by atoms with van der Waals surface area (Å²) in [5, 5.41) is 11.6. The number of aromatic nitrogens is 4. The molecule has 98 valence electrons. The highest BCUT2D eigenvalue weighted by Gasteiger charge is 2.16. The highest BCUT2D eigenvalue weighted by atomic mass is 16.5. The van der Waals surface area contributed by atoms with Crippen LogP contribution in [-0.2, 0) is 4.74 Å². The smallest absolute Gasteiger partial charge is 0.203 e. The summed E-state index contributed by atoms with van der Waals surface area (Å²) in [5.74, 6) is 2.04. The van der Waals surface area contributed by atoms with Crippen molar-refractivity contribution >= 4 is 11.5 Å². The summed E-state index contributed by atoms with van der Waals surface area (Å²) >= 11 is 0. The van der Waals surface area contributed by atoms with Crippen molar-refractivity contribution in [2.45, 2.75) is 26.8 Å². The molecular formula is C12H19N5O. The quantitative estimate of drug-likeness (QED) is 0.870. The summed E-state index contributed by atoms with van der Waals surface area (Å²) in [6, 6.07) is 0.200. The normalized spacial score (nSPS) is 13.2. The van der Waals surface area contributed by atoms with Crippen LogP contribution in [0.1, 0.15) is 19.7 Å². The van der Waals surface area contributed by atoms with Gasteiger partial charge in [-0.15, -0.1) is 10.2 Å². The Bertz CT molecular complexity index is 522. The van der Waals surface area contributed by atoms with Gasteiger partial charge in [0.25, 0.3) is 0 Å². The fraction of sp³-hybridized carbons (Fsp3) is 0.583. The zero-order valence-corrected chi connectivity index (χ0v) is 11.2. The average Bonchev–Trinajstić information content (AvgIpc) is 2.72. The molecule has 0 aliphatic carbocycles. The van der Waals surface area contributed by atoms with Gasteiger partial charge < -0.3 is 10.1 Å². The van der Waals surface area contributed by atoms with Crippen LogP contribution in [0.25, 0.3) is 5.65 Å². The first-order valence-corrected chi connectivity index (χ1v) is 6.05. The van der Waals surface area contributed by atoms with Gasteiger partial charge in [-0.25, -0.2) is 4.98 Å². The van der Waals surface area contributed by atoms with Crippen molar-refractivity contribution in [1.29, 1.82) is 0 Å². The molecule has 6 nitrogen and oxygen atoms in total. The third-order valence-corrected chi connectivity index (χ3v) is 2.97. The fourth-order valence-electron chi connectivity index (χ4n) is 1.80. The number of aryl methyl sites for hydroxylation is 1. The highest BCUT2D eigenvalue weighted by molar-refractivity contribution is 5.62. The lowest BCUT2D eigenvalue weighted by molar-refractivity contribution is 0.171. The van der Waals surface area contributed by atoms with Crippen molar-refractivity contribution in [3.8, 4) is 0 Å². The maximum absolute atomic E-state index is 5.22. The maximum Gasteiger partial charge on any atom is 0.203 e. The van der Waals surface area contributed by atoms with Crippen LogP contribution in [0.5, 0.6) is 0 Å². The van der Waals surface area contributed by atoms with E-state index in [4.69, 9.17) is 4.74 Å². The molecule has 1 unspecified atom stereocenters. The number of hydrogen-bond donors (Lipinski definition) is 1. The van der Waals surface area contributed by atoms with Crippen LogP contribution >= 0.6 is 0 Å². The molecule has 0 saturated carbocycles. The zero-order valence-electron chi connectivity index (χ0n) is 11.2. The lowest BCUT2D eigenvalue weighted by Gasteiger charge is -2.22. The number of anilines is 1. The van der Waals surface area contributed by atoms with E-state index in [2.05, 4.69) is 34.3 Å². The second kappa shape index (κ2) is 5.30. The Morgan fingerprint density at radius 2 is 2.17 bits per heavy atom. The van der Waals surface area contributed by atoms with Gasteiger partial charge in [0, 0.05) is 19.5 Å². The second-order valence-electron chi connectivity index (χ2n) is 4.67. The third-order valence-electron chi connectivity index (χ3n) is 2.97. The van der Waals surface area contributed by atoms with Crippen LogP contribution in [0.2, 0.25) is 0 Å². The molecular weight excluding hydrogens is 230 g/mol. The van der Waals surface area contributed by atoms with E-state index >= 15 is 0 Å². The fourth-order valence-corrected chi connectivity index (χ4v) is 1.80. The number of nitrogens with zero attached hydrogens (tertiary/aromatic N) is 4. The molecule has 0 saturated heterocycles. The van der Waals surface area contributed by atoms with E-state index < -0.39 is 0 Å². The minimum Gasteiger partial charge on any atom is -0.383 e. The number of hydrogen-bond acceptors (Lipinski definition) is 5. The lowest BCUT2D eigenvalue weighted by Crippen LogP contribution is -2.31. The van der Waals surface area contributed by atoms with Crippen molar-refractivity contribution < 1.29 is 4.74 Å². The van der Waals surface area contributed by atoms with Crippen LogP contribution < -0.4 is 5.32 Å². The van der Waals surface area contributed by atoms with Crippen molar-refractivity contribution in [1.82, 2.24) is 19.6 Å². The van der Waals surface area contributed by atoms with Crippen molar-refractivity contribution in [2.75, 3.05) is 19.0 Å². The molecule has 0 aliphatic rings. The highest BCUT2D eigenvalue weighted by Crippen LogP contribution is 2.15. The molecule has 0 spiro atoms. The Morgan fingerprint density at radius 3 is 2.83 bits per heavy atom. The summed E-state index contributed by atoms with van der Waals surface area (Å²) in [4.78, 5) is 4.33. The van der Waals surface area contributed by atoms with Crippen molar-refractivity contribution in [2.24, 2.45) is 5.92 Å². The van der Waals surface area contributed by atoms with Crippen LogP contribution in [0.4, 0.5) is 5.82 Å². The van der Waals surface area contributed by atoms with Gasteiger partial charge in [0.15, 0.2) is 5.82 Å². The Balaban J connectivity index is 2.30. The molecule has 2 heterocycles. The Labute approximate surface area is 106 Å². The van der Waals surface area contributed by atoms with E-state index in [1.54, 1.807) is 13.3 Å². The van der Waals surface area contributed by atoms with Crippen molar-refractivity contribution in [3.05, 3.63) is 18.2 Å². The Hall–Kier alpha value is -1.69. The van der Waals surface area contributed by atoms with E-state index in [9.17, 15) is 0 Å². The van der Waals surface area contributed by atoms with Crippen LogP contribution in [0.3, 0.4) is 0 Å². The lowest BCUT2D eigenvalue weighted by atomic mass is 10.1. The molecule has 0 radical (unpaired) electrons. The van der Waals surface area contributed by atoms with E-state index in [-0.39, 0.29) is 6.04 Å². The van der Waals surface area contributed by atoms with Gasteiger partial charge in [0.05, 0.1) is 12.6 Å². The summed E-state index contributed by atoms with van der Waals surface area (Å²) < 4.78 is 7.14. The molecule has 0 bridgehead atoms.